The molecule has 0 bridgehead atoms. The number of unbranched alkanes of at least 4 members (excludes halogenated alkanes) is 12. The van der Waals surface area contributed by atoms with Crippen LogP contribution in [0.5, 0.6) is 0 Å². The molecule has 0 heterocycles. The van der Waals surface area contributed by atoms with Gasteiger partial charge in [-0.25, -0.2) is 9.36 Å². The van der Waals surface area contributed by atoms with Crippen LogP contribution in [0.2, 0.25) is 0 Å². The van der Waals surface area contributed by atoms with Gasteiger partial charge in [-0.1, -0.05) is 90.9 Å². The second-order valence-electron chi connectivity index (χ2n) is 9.60. The minimum Gasteiger partial charge on any atom is -0.480 e. The number of aliphatic hydroxyl groups is 1. The molecule has 38 heavy (non-hydrogen) atoms. The molecule has 3 unspecified atom stereocenters. The quantitative estimate of drug-likeness (QED) is 0.0642. The van der Waals surface area contributed by atoms with E-state index in [9.17, 15) is 28.9 Å². The third-order valence-corrected chi connectivity index (χ3v) is 6.82. The summed E-state index contributed by atoms with van der Waals surface area (Å²) in [6, 6.07) is -1.53. The number of phosphoric acid groups is 1. The molecule has 224 valence electrons. The maximum absolute atomic E-state index is 11.9. The summed E-state index contributed by atoms with van der Waals surface area (Å²) in [5.41, 5.74) is 0. The van der Waals surface area contributed by atoms with Gasteiger partial charge in [-0.3, -0.25) is 18.6 Å². The number of phosphoric ester groups is 1. The van der Waals surface area contributed by atoms with Crippen LogP contribution in [0, 0.1) is 0 Å². The molecule has 0 aromatic rings. The van der Waals surface area contributed by atoms with Gasteiger partial charge in [0.2, 0.25) is 5.91 Å². The number of nitrogens with one attached hydrogen (secondary N) is 1. The minimum atomic E-state index is -4.71. The van der Waals surface area contributed by atoms with Crippen molar-refractivity contribution < 1.29 is 47.8 Å². The van der Waals surface area contributed by atoms with E-state index in [0.717, 1.165) is 19.3 Å². The standard InChI is InChI=1S/C26H50NO10P/c1-3-5-6-7-8-9-10-11-12-13-14-15-16-18-25(30)35-19-22(28)20-36-38(33,34)37-21-23(26(31)32)27-24(29)17-4-2/h22-23,28H,3-21H2,1-2H3,(H,27,29)(H,31,32)(H,33,34). The Morgan fingerprint density at radius 2 is 1.24 bits per heavy atom. The van der Waals surface area contributed by atoms with Crippen LogP contribution in [0.3, 0.4) is 0 Å². The van der Waals surface area contributed by atoms with Crippen LogP contribution in [0.1, 0.15) is 117 Å². The summed E-state index contributed by atoms with van der Waals surface area (Å²) in [4.78, 5) is 44.2. The third-order valence-electron chi connectivity index (χ3n) is 5.87. The van der Waals surface area contributed by atoms with Gasteiger partial charge in [0.1, 0.15) is 12.7 Å². The Hall–Kier alpha value is -1.52. The second-order valence-corrected chi connectivity index (χ2v) is 11.1. The van der Waals surface area contributed by atoms with Gasteiger partial charge < -0.3 is 25.2 Å². The number of carboxylic acid groups (broad SMARTS) is 1. The van der Waals surface area contributed by atoms with Gasteiger partial charge in [-0.2, -0.15) is 0 Å². The number of esters is 1. The van der Waals surface area contributed by atoms with Crippen molar-refractivity contribution in [1.29, 1.82) is 0 Å². The molecule has 3 atom stereocenters. The maximum Gasteiger partial charge on any atom is 0.472 e. The Labute approximate surface area is 227 Å². The number of amides is 1. The molecule has 0 aliphatic carbocycles. The van der Waals surface area contributed by atoms with Crippen molar-refractivity contribution in [2.24, 2.45) is 0 Å². The molecular weight excluding hydrogens is 517 g/mol. The molecule has 0 fully saturated rings. The van der Waals surface area contributed by atoms with Crippen molar-refractivity contribution in [1.82, 2.24) is 5.32 Å². The lowest BCUT2D eigenvalue weighted by Gasteiger charge is -2.18. The first-order valence-corrected chi connectivity index (χ1v) is 15.6. The summed E-state index contributed by atoms with van der Waals surface area (Å²) in [7, 11) is -4.71. The maximum atomic E-state index is 11.9. The summed E-state index contributed by atoms with van der Waals surface area (Å²) in [5.74, 6) is -2.44. The van der Waals surface area contributed by atoms with Gasteiger partial charge in [0.15, 0.2) is 6.04 Å². The van der Waals surface area contributed by atoms with E-state index in [1.165, 1.54) is 57.8 Å². The highest BCUT2D eigenvalue weighted by molar-refractivity contribution is 7.47. The van der Waals surface area contributed by atoms with Gasteiger partial charge in [-0.05, 0) is 12.8 Å². The number of carboxylic acids is 1. The zero-order valence-corrected chi connectivity index (χ0v) is 24.1. The molecule has 1 amide bonds. The zero-order chi connectivity index (χ0) is 28.7. The molecule has 0 spiro atoms. The van der Waals surface area contributed by atoms with Crippen LogP contribution < -0.4 is 5.32 Å². The van der Waals surface area contributed by atoms with E-state index >= 15 is 0 Å². The number of hydrogen-bond donors (Lipinski definition) is 4. The first-order valence-electron chi connectivity index (χ1n) is 14.1. The number of hydrogen-bond acceptors (Lipinski definition) is 8. The number of rotatable bonds is 26. The predicted octanol–water partition coefficient (Wildman–Crippen LogP) is 4.87. The van der Waals surface area contributed by atoms with Crippen molar-refractivity contribution in [3.05, 3.63) is 0 Å². The molecule has 0 rings (SSSR count). The summed E-state index contributed by atoms with van der Waals surface area (Å²) < 4.78 is 26.1. The molecule has 0 saturated carbocycles. The van der Waals surface area contributed by atoms with Crippen molar-refractivity contribution >= 4 is 25.7 Å². The normalized spacial score (nSPS) is 14.4. The number of carbonyl (C=O) groups is 3. The highest BCUT2D eigenvalue weighted by Crippen LogP contribution is 2.43. The van der Waals surface area contributed by atoms with E-state index in [0.29, 0.717) is 12.8 Å². The largest absolute Gasteiger partial charge is 0.480 e. The third kappa shape index (κ3) is 22.5. The molecule has 0 aliphatic heterocycles. The van der Waals surface area contributed by atoms with E-state index < -0.39 is 57.6 Å². The molecule has 0 aliphatic rings. The fourth-order valence-electron chi connectivity index (χ4n) is 3.65. The molecular formula is C26H50NO10P. The van der Waals surface area contributed by atoms with Gasteiger partial charge in [0.25, 0.3) is 0 Å². The van der Waals surface area contributed by atoms with Gasteiger partial charge >= 0.3 is 19.8 Å². The second kappa shape index (κ2) is 23.4. The Balaban J connectivity index is 3.86. The number of aliphatic hydroxyl groups excluding tert-OH is 1. The lowest BCUT2D eigenvalue weighted by molar-refractivity contribution is -0.147. The monoisotopic (exact) mass is 567 g/mol. The van der Waals surface area contributed by atoms with Crippen LogP contribution in [-0.2, 0) is 32.7 Å². The fraction of sp³-hybridized carbons (Fsp3) is 0.885. The highest BCUT2D eigenvalue weighted by Gasteiger charge is 2.28. The van der Waals surface area contributed by atoms with Crippen molar-refractivity contribution in [2.75, 3.05) is 19.8 Å². The Bertz CT molecular complexity index is 691. The summed E-state index contributed by atoms with van der Waals surface area (Å²) >= 11 is 0. The Morgan fingerprint density at radius 3 is 1.74 bits per heavy atom. The van der Waals surface area contributed by atoms with Crippen LogP contribution in [0.4, 0.5) is 0 Å². The van der Waals surface area contributed by atoms with Crippen LogP contribution in [0.25, 0.3) is 0 Å². The SMILES string of the molecule is CCCCCCCCCCCCCCCC(=O)OCC(O)COP(=O)(O)OCC(NC(=O)CCC)C(=O)O. The molecule has 0 saturated heterocycles. The first-order chi connectivity index (χ1) is 18.1. The van der Waals surface area contributed by atoms with Crippen LogP contribution in [0.15, 0.2) is 0 Å². The molecule has 11 nitrogen and oxygen atoms in total. The first kappa shape index (κ1) is 36.5. The lowest BCUT2D eigenvalue weighted by Crippen LogP contribution is -2.43. The average Bonchev–Trinajstić information content (AvgIpc) is 2.86. The van der Waals surface area contributed by atoms with Gasteiger partial charge in [0.05, 0.1) is 13.2 Å². The molecule has 0 aromatic carbocycles. The lowest BCUT2D eigenvalue weighted by atomic mass is 10.0. The zero-order valence-electron chi connectivity index (χ0n) is 23.2. The topological polar surface area (TPSA) is 169 Å². The molecule has 0 radical (unpaired) electrons. The number of carbonyl (C=O) groups excluding carboxylic acids is 2. The van der Waals surface area contributed by atoms with Crippen LogP contribution in [-0.4, -0.2) is 64.9 Å². The van der Waals surface area contributed by atoms with Crippen LogP contribution >= 0.6 is 7.82 Å². The smallest absolute Gasteiger partial charge is 0.472 e. The molecule has 0 aromatic heterocycles. The van der Waals surface area contributed by atoms with Gasteiger partial charge in [0, 0.05) is 12.8 Å². The van der Waals surface area contributed by atoms with Crippen molar-refractivity contribution in [2.45, 2.75) is 129 Å². The van der Waals surface area contributed by atoms with E-state index in [-0.39, 0.29) is 12.8 Å². The minimum absolute atomic E-state index is 0.0985. The summed E-state index contributed by atoms with van der Waals surface area (Å²) in [5, 5.41) is 21.1. The van der Waals surface area contributed by atoms with Crippen molar-refractivity contribution in [3.63, 3.8) is 0 Å². The summed E-state index contributed by atoms with van der Waals surface area (Å²) in [6.45, 7) is 2.08. The van der Waals surface area contributed by atoms with E-state index in [2.05, 4.69) is 21.3 Å². The van der Waals surface area contributed by atoms with Gasteiger partial charge in [-0.15, -0.1) is 0 Å². The van der Waals surface area contributed by atoms with E-state index in [1.54, 1.807) is 6.92 Å². The van der Waals surface area contributed by atoms with E-state index in [1.807, 2.05) is 0 Å². The van der Waals surface area contributed by atoms with Crippen molar-refractivity contribution in [3.8, 4) is 0 Å². The highest BCUT2D eigenvalue weighted by atomic mass is 31.2. The predicted molar refractivity (Wildman–Crippen MR) is 143 cm³/mol. The molecule has 12 heteroatoms. The average molecular weight is 568 g/mol. The number of aliphatic carboxylic acids is 1. The Morgan fingerprint density at radius 1 is 0.737 bits per heavy atom. The molecule has 4 N–H and O–H groups in total. The Kier molecular flexibility index (Phi) is 22.4. The number of ether oxygens (including phenoxy) is 1. The fourth-order valence-corrected chi connectivity index (χ4v) is 4.42. The summed E-state index contributed by atoms with van der Waals surface area (Å²) in [6.07, 6.45) is 15.1. The van der Waals surface area contributed by atoms with E-state index in [4.69, 9.17) is 9.84 Å².